The quantitative estimate of drug-likeness (QED) is 0.277. The molecule has 7 nitrogen and oxygen atoms in total. The van der Waals surface area contributed by atoms with Crippen LogP contribution in [0.3, 0.4) is 0 Å². The number of nitrogens with one attached hydrogen (secondary N) is 1. The molecule has 0 aliphatic rings. The molecule has 0 saturated heterocycles. The molecular formula is C32H41N3O4S. The molecule has 3 aromatic rings. The molecule has 214 valence electrons. The molecular weight excluding hydrogens is 522 g/mol. The van der Waals surface area contributed by atoms with Gasteiger partial charge in [-0.1, -0.05) is 74.4 Å². The number of amides is 2. The summed E-state index contributed by atoms with van der Waals surface area (Å²) in [5, 5.41) is 2.96. The minimum absolute atomic E-state index is 0.0939. The Hall–Kier alpha value is -3.65. The van der Waals surface area contributed by atoms with Gasteiger partial charge in [0.15, 0.2) is 0 Å². The molecule has 0 aliphatic carbocycles. The van der Waals surface area contributed by atoms with Gasteiger partial charge in [0.05, 0.1) is 10.6 Å². The Morgan fingerprint density at radius 2 is 1.48 bits per heavy atom. The van der Waals surface area contributed by atoms with E-state index in [1.807, 2.05) is 65.0 Å². The zero-order valence-electron chi connectivity index (χ0n) is 24.2. The lowest BCUT2D eigenvalue weighted by Crippen LogP contribution is -2.52. The molecule has 0 fully saturated rings. The summed E-state index contributed by atoms with van der Waals surface area (Å²) in [5.74, 6) is -0.683. The standard InChI is InChI=1S/C32H41N3O4S/c1-6-8-18-33-32(37)30(7-2)34(22-27-16-14-24(3)15-17-27)31(36)23-35(28-20-25(4)19-26(5)21-28)40(38,39)29-12-10-9-11-13-29/h9-17,19-21,30H,6-8,18,22-23H2,1-5H3,(H,33,37). The number of carbonyl (C=O) groups excluding carboxylic acids is 2. The largest absolute Gasteiger partial charge is 0.354 e. The van der Waals surface area contributed by atoms with Crippen molar-refractivity contribution in [3.63, 3.8) is 0 Å². The number of anilines is 1. The van der Waals surface area contributed by atoms with E-state index in [1.54, 1.807) is 30.3 Å². The van der Waals surface area contributed by atoms with Crippen LogP contribution in [0.4, 0.5) is 5.69 Å². The molecule has 0 radical (unpaired) electrons. The van der Waals surface area contributed by atoms with E-state index in [0.29, 0.717) is 18.7 Å². The maximum atomic E-state index is 14.1. The van der Waals surface area contributed by atoms with Crippen molar-refractivity contribution in [2.24, 2.45) is 0 Å². The van der Waals surface area contributed by atoms with E-state index in [2.05, 4.69) is 5.32 Å². The monoisotopic (exact) mass is 563 g/mol. The van der Waals surface area contributed by atoms with E-state index >= 15 is 0 Å². The molecule has 0 spiro atoms. The molecule has 3 aromatic carbocycles. The van der Waals surface area contributed by atoms with Crippen LogP contribution in [-0.2, 0) is 26.2 Å². The molecule has 0 aliphatic heterocycles. The average molecular weight is 564 g/mol. The van der Waals surface area contributed by atoms with Gasteiger partial charge in [0.2, 0.25) is 11.8 Å². The van der Waals surface area contributed by atoms with Crippen molar-refractivity contribution >= 4 is 27.5 Å². The number of hydrogen-bond donors (Lipinski definition) is 1. The lowest BCUT2D eigenvalue weighted by molar-refractivity contribution is -0.140. The van der Waals surface area contributed by atoms with Gasteiger partial charge in [0, 0.05) is 13.1 Å². The topological polar surface area (TPSA) is 86.8 Å². The molecule has 3 rings (SSSR count). The highest BCUT2D eigenvalue weighted by Crippen LogP contribution is 2.27. The first-order chi connectivity index (χ1) is 19.1. The summed E-state index contributed by atoms with van der Waals surface area (Å²) >= 11 is 0. The maximum Gasteiger partial charge on any atom is 0.264 e. The Balaban J connectivity index is 2.05. The smallest absolute Gasteiger partial charge is 0.264 e. The van der Waals surface area contributed by atoms with Crippen molar-refractivity contribution in [1.29, 1.82) is 0 Å². The number of aryl methyl sites for hydroxylation is 3. The van der Waals surface area contributed by atoms with Crippen LogP contribution < -0.4 is 9.62 Å². The molecule has 0 bridgehead atoms. The highest BCUT2D eigenvalue weighted by molar-refractivity contribution is 7.92. The van der Waals surface area contributed by atoms with Crippen LogP contribution in [0, 0.1) is 20.8 Å². The number of benzene rings is 3. The molecule has 2 amide bonds. The van der Waals surface area contributed by atoms with E-state index in [-0.39, 0.29) is 17.3 Å². The predicted molar refractivity (Wildman–Crippen MR) is 161 cm³/mol. The van der Waals surface area contributed by atoms with Crippen molar-refractivity contribution in [3.05, 3.63) is 95.1 Å². The molecule has 1 N–H and O–H groups in total. The molecule has 1 atom stereocenters. The summed E-state index contributed by atoms with van der Waals surface area (Å²) in [5.41, 5.74) is 4.12. The first-order valence-corrected chi connectivity index (χ1v) is 15.3. The van der Waals surface area contributed by atoms with Gasteiger partial charge < -0.3 is 10.2 Å². The SMILES string of the molecule is CCCCNC(=O)C(CC)N(Cc1ccc(C)cc1)C(=O)CN(c1cc(C)cc(C)c1)S(=O)(=O)c1ccccc1. The zero-order valence-corrected chi connectivity index (χ0v) is 25.0. The average Bonchev–Trinajstić information content (AvgIpc) is 2.92. The number of carbonyl (C=O) groups is 2. The molecule has 1 unspecified atom stereocenters. The summed E-state index contributed by atoms with van der Waals surface area (Å²) in [6.45, 7) is 9.95. The Kier molecular flexibility index (Phi) is 10.9. The summed E-state index contributed by atoms with van der Waals surface area (Å²) < 4.78 is 29.0. The van der Waals surface area contributed by atoms with E-state index in [4.69, 9.17) is 0 Å². The third-order valence-corrected chi connectivity index (χ3v) is 8.58. The fraction of sp³-hybridized carbons (Fsp3) is 0.375. The second-order valence-corrected chi connectivity index (χ2v) is 12.1. The van der Waals surface area contributed by atoms with E-state index in [9.17, 15) is 18.0 Å². The van der Waals surface area contributed by atoms with Gasteiger partial charge in [-0.15, -0.1) is 0 Å². The molecule has 40 heavy (non-hydrogen) atoms. The van der Waals surface area contributed by atoms with Crippen molar-refractivity contribution < 1.29 is 18.0 Å². The van der Waals surface area contributed by atoms with Crippen LogP contribution in [0.15, 0.2) is 77.7 Å². The highest BCUT2D eigenvalue weighted by Gasteiger charge is 2.33. The Labute approximate surface area is 239 Å². The number of unbranched alkanes of at least 4 members (excludes halogenated alkanes) is 1. The first-order valence-electron chi connectivity index (χ1n) is 13.9. The van der Waals surface area contributed by atoms with E-state index in [0.717, 1.165) is 39.4 Å². The number of rotatable bonds is 13. The Bertz CT molecular complexity index is 1370. The van der Waals surface area contributed by atoms with Crippen molar-refractivity contribution in [2.75, 3.05) is 17.4 Å². The van der Waals surface area contributed by atoms with Gasteiger partial charge in [-0.05, 0) is 74.6 Å². The zero-order chi connectivity index (χ0) is 29.3. The lowest BCUT2D eigenvalue weighted by atomic mass is 10.1. The molecule has 0 saturated carbocycles. The van der Waals surface area contributed by atoms with E-state index < -0.39 is 28.5 Å². The van der Waals surface area contributed by atoms with E-state index in [1.165, 1.54) is 17.0 Å². The Morgan fingerprint density at radius 3 is 2.05 bits per heavy atom. The van der Waals surface area contributed by atoms with Gasteiger partial charge in [-0.3, -0.25) is 13.9 Å². The van der Waals surface area contributed by atoms with Crippen LogP contribution in [0.25, 0.3) is 0 Å². The van der Waals surface area contributed by atoms with Crippen LogP contribution in [0.1, 0.15) is 55.4 Å². The van der Waals surface area contributed by atoms with Gasteiger partial charge in [-0.25, -0.2) is 8.42 Å². The van der Waals surface area contributed by atoms with Gasteiger partial charge in [0.25, 0.3) is 10.0 Å². The first kappa shape index (κ1) is 30.9. The fourth-order valence-corrected chi connectivity index (χ4v) is 6.08. The summed E-state index contributed by atoms with van der Waals surface area (Å²) in [4.78, 5) is 29.0. The normalized spacial score (nSPS) is 12.0. The van der Waals surface area contributed by atoms with Gasteiger partial charge in [-0.2, -0.15) is 0 Å². The number of sulfonamides is 1. The van der Waals surface area contributed by atoms with Crippen molar-refractivity contribution in [1.82, 2.24) is 10.2 Å². The minimum Gasteiger partial charge on any atom is -0.354 e. The highest BCUT2D eigenvalue weighted by atomic mass is 32.2. The third-order valence-electron chi connectivity index (χ3n) is 6.79. The lowest BCUT2D eigenvalue weighted by Gasteiger charge is -2.33. The van der Waals surface area contributed by atoms with Crippen LogP contribution in [-0.4, -0.2) is 44.3 Å². The Morgan fingerprint density at radius 1 is 0.850 bits per heavy atom. The fourth-order valence-electron chi connectivity index (χ4n) is 4.66. The third kappa shape index (κ3) is 7.94. The summed E-state index contributed by atoms with van der Waals surface area (Å²) in [6, 6.07) is 20.6. The maximum absolute atomic E-state index is 14.1. The second kappa shape index (κ2) is 14.1. The van der Waals surface area contributed by atoms with Gasteiger partial charge in [0.1, 0.15) is 12.6 Å². The summed E-state index contributed by atoms with van der Waals surface area (Å²) in [6.07, 6.45) is 2.17. The van der Waals surface area contributed by atoms with Crippen molar-refractivity contribution in [2.45, 2.75) is 71.4 Å². The second-order valence-electron chi connectivity index (χ2n) is 10.2. The van der Waals surface area contributed by atoms with Crippen LogP contribution in [0.5, 0.6) is 0 Å². The van der Waals surface area contributed by atoms with Crippen LogP contribution >= 0.6 is 0 Å². The number of hydrogen-bond acceptors (Lipinski definition) is 4. The summed E-state index contributed by atoms with van der Waals surface area (Å²) in [7, 11) is -4.08. The van der Waals surface area contributed by atoms with Gasteiger partial charge >= 0.3 is 0 Å². The van der Waals surface area contributed by atoms with Crippen LogP contribution in [0.2, 0.25) is 0 Å². The molecule has 8 heteroatoms. The van der Waals surface area contributed by atoms with Crippen molar-refractivity contribution in [3.8, 4) is 0 Å². The number of nitrogens with zero attached hydrogens (tertiary/aromatic N) is 2. The predicted octanol–water partition coefficient (Wildman–Crippen LogP) is 5.53. The minimum atomic E-state index is -4.08. The molecule has 0 heterocycles. The molecule has 0 aromatic heterocycles.